The molecule has 0 aromatic carbocycles. The number of rotatable bonds is 42. The van der Waals surface area contributed by atoms with Gasteiger partial charge in [0.05, 0.1) is 86.2 Å². The molecular weight excluding hydrogens is 1490 g/mol. The van der Waals surface area contributed by atoms with E-state index in [1.807, 2.05) is 41.9 Å². The van der Waals surface area contributed by atoms with E-state index in [-0.39, 0.29) is 120 Å². The minimum Gasteiger partial charge on any atom is -0.463 e. The smallest absolute Gasteiger partial charge is 0.411 e. The number of nitrogens with one attached hydrogen (secondary N) is 4. The van der Waals surface area contributed by atoms with Gasteiger partial charge in [-0.3, -0.25) is 24.4 Å². The molecule has 0 heterocycles. The van der Waals surface area contributed by atoms with E-state index in [4.69, 9.17) is 37.3 Å². The van der Waals surface area contributed by atoms with Gasteiger partial charge in [0.1, 0.15) is 45.3 Å². The van der Waals surface area contributed by atoms with Gasteiger partial charge in [-0.1, -0.05) is 41.5 Å². The predicted molar refractivity (Wildman–Crippen MR) is 301 cm³/mol. The van der Waals surface area contributed by atoms with E-state index in [0.717, 1.165) is 64.3 Å². The van der Waals surface area contributed by atoms with E-state index in [0.29, 0.717) is 73.7 Å². The molecule has 0 aliphatic carbocycles. The van der Waals surface area contributed by atoms with Crippen molar-refractivity contribution in [3.05, 3.63) is 0 Å². The number of aliphatic hydroxyl groups is 4. The van der Waals surface area contributed by atoms with Gasteiger partial charge in [0, 0.05) is 121 Å². The fraction of sp³-hybridized carbons (Fsp3) is 0.922. The molecule has 2 radical (unpaired) electrons. The normalized spacial score (nSPS) is 13.6. The first-order valence-electron chi connectivity index (χ1n) is 27.3. The maximum absolute atomic E-state index is 11.9. The molecule has 5 unspecified atom stereocenters. The molecule has 0 spiro atoms. The molecule has 8 N–H and O–H groups in total. The molecule has 79 heavy (non-hydrogen) atoms. The number of esters is 1. The van der Waals surface area contributed by atoms with Crippen LogP contribution in [0.2, 0.25) is 38.3 Å². The number of carbonyl (C=O) groups excluding carboxylic acids is 4. The van der Waals surface area contributed by atoms with Crippen LogP contribution in [0.15, 0.2) is 0 Å². The SMILES string of the molecule is CC(C)COCCOCC(C)OCC(C)C.CCC(O)COCCC[Si](C)(C)O[Si](C)(C)CCCOCC(O)CC.CNC[N+](C)(C)C[N+](C)(C)CNC(=O)OCC(O)COC(=O)NCNC(=O)OCC(O)COC(C)=O.[Ac].[Ac]. The van der Waals surface area contributed by atoms with E-state index >= 15 is 0 Å². The maximum Gasteiger partial charge on any atom is 0.411 e. The minimum absolute atomic E-state index is 0. The van der Waals surface area contributed by atoms with E-state index in [1.165, 1.54) is 6.92 Å². The van der Waals surface area contributed by atoms with Crippen LogP contribution in [-0.2, 0) is 51.5 Å². The zero-order chi connectivity index (χ0) is 59.5. The zero-order valence-corrected chi connectivity index (χ0v) is 63.3. The molecule has 0 aliphatic heterocycles. The first-order chi connectivity index (χ1) is 35.8. The van der Waals surface area contributed by atoms with Crippen molar-refractivity contribution >= 4 is 40.9 Å². The molecule has 0 saturated heterocycles. The van der Waals surface area contributed by atoms with Gasteiger partial charge in [-0.15, -0.1) is 0 Å². The van der Waals surface area contributed by atoms with Crippen LogP contribution in [0.5, 0.6) is 0 Å². The van der Waals surface area contributed by atoms with Crippen molar-refractivity contribution in [3.8, 4) is 0 Å². The van der Waals surface area contributed by atoms with E-state index < -0.39 is 72.9 Å². The van der Waals surface area contributed by atoms with Gasteiger partial charge in [0.15, 0.2) is 23.3 Å². The van der Waals surface area contributed by atoms with Crippen molar-refractivity contribution < 1.29 is 183 Å². The number of aliphatic hydroxyl groups excluding tert-OH is 4. The fourth-order valence-corrected chi connectivity index (χ4v) is 15.6. The molecule has 3 amide bonds. The molecule has 0 aliphatic rings. The Balaban J connectivity index is -0.000000369. The molecule has 0 aromatic rings. The first-order valence-corrected chi connectivity index (χ1v) is 33.5. The van der Waals surface area contributed by atoms with Gasteiger partial charge in [0.25, 0.3) is 0 Å². The summed E-state index contributed by atoms with van der Waals surface area (Å²) in [5, 5.41) is 48.3. The van der Waals surface area contributed by atoms with Crippen LogP contribution in [0.1, 0.15) is 81.1 Å². The average molecular weight is 1610 g/mol. The van der Waals surface area contributed by atoms with E-state index in [1.54, 1.807) is 0 Å². The Morgan fingerprint density at radius 2 is 0.886 bits per heavy atom. The number of quaternary nitrogens is 2. The zero-order valence-electron chi connectivity index (χ0n) is 51.9. The molecule has 0 aromatic heterocycles. The molecule has 5 atom stereocenters. The number of ether oxygens (including phenoxy) is 9. The summed E-state index contributed by atoms with van der Waals surface area (Å²) in [6.07, 6.45) is -2.09. The quantitative estimate of drug-likeness (QED) is 0.0106. The second-order valence-corrected chi connectivity index (χ2v) is 31.3. The molecule has 0 bridgehead atoms. The third-order valence-electron chi connectivity index (χ3n) is 10.3. The third-order valence-corrected chi connectivity index (χ3v) is 17.8. The number of hydrogen-bond donors (Lipinski definition) is 8. The Kier molecular flexibility index (Phi) is 58.3. The summed E-state index contributed by atoms with van der Waals surface area (Å²) >= 11 is 0. The molecule has 28 heteroatoms. The van der Waals surface area contributed by atoms with Crippen LogP contribution >= 0.6 is 0 Å². The van der Waals surface area contributed by atoms with Crippen LogP contribution in [0.3, 0.4) is 0 Å². The van der Waals surface area contributed by atoms with Crippen LogP contribution in [0, 0.1) is 100.0 Å². The van der Waals surface area contributed by atoms with Crippen LogP contribution in [-0.4, -0.2) is 249 Å². The second-order valence-electron chi connectivity index (χ2n) is 22.5. The van der Waals surface area contributed by atoms with Crippen molar-refractivity contribution in [2.75, 3.05) is 148 Å². The Bertz CT molecular complexity index is 1470. The predicted octanol–water partition coefficient (Wildman–Crippen LogP) is 4.16. The van der Waals surface area contributed by atoms with Gasteiger partial charge >= 0.3 is 24.2 Å². The van der Waals surface area contributed by atoms with Crippen LogP contribution < -0.4 is 21.3 Å². The minimum atomic E-state index is -1.68. The van der Waals surface area contributed by atoms with Crippen LogP contribution in [0.4, 0.5) is 14.4 Å². The Morgan fingerprint density at radius 1 is 0.506 bits per heavy atom. The summed E-state index contributed by atoms with van der Waals surface area (Å²) in [7, 11) is 6.55. The number of amides is 3. The van der Waals surface area contributed by atoms with E-state index in [9.17, 15) is 39.6 Å². The van der Waals surface area contributed by atoms with Gasteiger partial charge in [0.2, 0.25) is 6.67 Å². The summed E-state index contributed by atoms with van der Waals surface area (Å²) < 4.78 is 54.2. The molecule has 0 rings (SSSR count). The fourth-order valence-electron chi connectivity index (χ4n) is 6.83. The summed E-state index contributed by atoms with van der Waals surface area (Å²) in [6.45, 7) is 30.6. The van der Waals surface area contributed by atoms with Gasteiger partial charge in [-0.05, 0) is 89.8 Å². The Hall–Kier alpha value is 0.0769. The first kappa shape index (κ1) is 87.8. The summed E-state index contributed by atoms with van der Waals surface area (Å²) in [5.74, 6) is 0.588. The molecule has 0 fully saturated rings. The summed E-state index contributed by atoms with van der Waals surface area (Å²) in [5.41, 5.74) is 0. The average Bonchev–Trinajstić information content (AvgIpc) is 3.32. The van der Waals surface area contributed by atoms with Gasteiger partial charge in [-0.25, -0.2) is 14.4 Å². The number of nitrogens with zero attached hydrogens (tertiary/aromatic N) is 2. The topological polar surface area (TPSA) is 290 Å². The number of alkyl carbamates (subject to hydrolysis) is 3. The monoisotopic (exact) mass is 1610 g/mol. The Labute approximate surface area is 549 Å². The molecule has 24 nitrogen and oxygen atoms in total. The van der Waals surface area contributed by atoms with Crippen molar-refractivity contribution in [2.45, 2.75) is 150 Å². The largest absolute Gasteiger partial charge is 0.463 e. The molecular formula is C51H112Ac2N6O18Si2+2. The second kappa shape index (κ2) is 52.4. The third kappa shape index (κ3) is 63.9. The van der Waals surface area contributed by atoms with Gasteiger partial charge < -0.3 is 77.8 Å². The number of hydrogen-bond acceptors (Lipinski definition) is 19. The van der Waals surface area contributed by atoms with Gasteiger partial charge in [-0.2, -0.15) is 0 Å². The van der Waals surface area contributed by atoms with Crippen molar-refractivity contribution in [1.82, 2.24) is 21.3 Å². The molecule has 466 valence electrons. The summed E-state index contributed by atoms with van der Waals surface area (Å²) in [6, 6.07) is 2.18. The molecule has 0 saturated carbocycles. The number of carbonyl (C=O) groups is 4. The van der Waals surface area contributed by atoms with E-state index in [2.05, 4.69) is 98.7 Å². The van der Waals surface area contributed by atoms with Crippen molar-refractivity contribution in [2.24, 2.45) is 11.8 Å². The maximum atomic E-state index is 11.9. The summed E-state index contributed by atoms with van der Waals surface area (Å²) in [4.78, 5) is 45.6. The van der Waals surface area contributed by atoms with Crippen molar-refractivity contribution in [1.29, 1.82) is 0 Å². The Morgan fingerprint density at radius 3 is 1.28 bits per heavy atom. The van der Waals surface area contributed by atoms with Crippen molar-refractivity contribution in [3.63, 3.8) is 0 Å². The van der Waals surface area contributed by atoms with Crippen LogP contribution in [0.25, 0.3) is 0 Å². The standard InChI is InChI=1S/C20H40N6O10.C18H42O5Si2.C13H28O3.2Ac/c1-15(27)33-7-16(28)8-34-18(30)22-11-23-19(31)35-9-17(29)10-36-20(32)24-13-26(5,6)14-25(3,4)12-21-2;1-7-17(19)15-21-11-9-13-24(3,4)23-25(5,6)14-10-12-22-16-18(20)8-2;1-11(2)8-14-6-7-15-10-13(5)16-9-12(3)4;;/h16-17,21,28-29H,7-14H2,1-6H3,(H-2,22,23,24,30,31,32);17-20H,7-16H2,1-6H3;11-13H,6-10H2,1-5H3;;/p+2.